The van der Waals surface area contributed by atoms with Crippen LogP contribution in [0.15, 0.2) is 0 Å². The maximum Gasteiger partial charge on any atom is 0.462 e. The fraction of sp³-hybridized carbons (Fsp3) is 0.900. The van der Waals surface area contributed by atoms with E-state index in [-0.39, 0.29) is 58.4 Å². The van der Waals surface area contributed by atoms with Crippen LogP contribution in [0.1, 0.15) is 208 Å². The van der Waals surface area contributed by atoms with Crippen molar-refractivity contribution in [1.29, 1.82) is 0 Å². The van der Waals surface area contributed by atoms with E-state index in [4.69, 9.17) is 0 Å². The molecule has 0 aromatic heterocycles. The van der Waals surface area contributed by atoms with Gasteiger partial charge in [0, 0.05) is 145 Å². The average Bonchev–Trinajstić information content (AvgIpc) is 2.95. The molecular weight excluding hydrogens is 1210 g/mol. The number of hydrogen-bond donors (Lipinski definition) is 0. The van der Waals surface area contributed by atoms with Crippen molar-refractivity contribution in [1.82, 2.24) is 59.0 Å². The van der Waals surface area contributed by atoms with Crippen LogP contribution in [0.25, 0.3) is 0 Å². The fourth-order valence-corrected chi connectivity index (χ4v) is 15.6. The van der Waals surface area contributed by atoms with Crippen LogP contribution >= 0.6 is 0 Å². The van der Waals surface area contributed by atoms with Gasteiger partial charge in [-0.05, 0) is 205 Å². The average molecular weight is 1350 g/mol. The zero-order chi connectivity index (χ0) is 66.2. The molecule has 6 aliphatic rings. The molecule has 0 bridgehead atoms. The van der Waals surface area contributed by atoms with E-state index in [0.29, 0.717) is 155 Å². The topological polar surface area (TPSA) is 38.9 Å². The Balaban J connectivity index is -0.000000967. The molecule has 0 aromatic carbocycles. The summed E-state index contributed by atoms with van der Waals surface area (Å²) in [6.45, 7) is 103. The Hall–Kier alpha value is 1.91. The number of hydrazine groups is 6. The second kappa shape index (κ2) is 40.6. The van der Waals surface area contributed by atoms with Gasteiger partial charge in [0.1, 0.15) is 0 Å². The van der Waals surface area contributed by atoms with Crippen molar-refractivity contribution < 1.29 is 58.4 Å². The summed E-state index contributed by atoms with van der Waals surface area (Å²) in [6.07, 6.45) is 0. The molecule has 0 amide bonds. The largest absolute Gasteiger partial charge is 0.462 e. The molecule has 6 heterocycles. The second-order valence-corrected chi connectivity index (χ2v) is 30.3. The smallest absolute Gasteiger partial charge is 0.327 e. The minimum Gasteiger partial charge on any atom is -0.327 e. The van der Waals surface area contributed by atoms with E-state index in [1.807, 2.05) is 0 Å². The van der Waals surface area contributed by atoms with Crippen LogP contribution in [-0.4, -0.2) is 214 Å². The van der Waals surface area contributed by atoms with E-state index < -0.39 is 0 Å². The summed E-state index contributed by atoms with van der Waals surface area (Å²) in [4.78, 5) is 30.2. The van der Waals surface area contributed by atoms with Crippen LogP contribution in [0.4, 0.5) is 0 Å². The molecule has 12 nitrogen and oxygen atoms in total. The number of rotatable bonds is 12. The predicted molar refractivity (Wildman–Crippen MR) is 397 cm³/mol. The molecule has 87 heavy (non-hydrogen) atoms. The predicted octanol–water partition coefficient (Wildman–Crippen LogP) is 13.5. The summed E-state index contributed by atoms with van der Waals surface area (Å²) in [5.41, 5.74) is 9.54. The summed E-state index contributed by atoms with van der Waals surface area (Å²) in [6, 6.07) is 7.08. The van der Waals surface area contributed by atoms with Crippen LogP contribution in [0.5, 0.6) is 0 Å². The molecule has 6 rings (SSSR count). The fourth-order valence-electron chi connectivity index (χ4n) is 15.6. The molecule has 0 N–H and O–H groups in total. The van der Waals surface area contributed by atoms with E-state index in [1.165, 1.54) is 0 Å². The molecule has 0 aromatic rings. The zero-order valence-electron chi connectivity index (χ0n) is 66.3. The first-order valence-electron chi connectivity index (χ1n) is 34.6. The summed E-state index contributed by atoms with van der Waals surface area (Å²) in [7, 11) is 0. The molecule has 6 fully saturated rings. The molecule has 6 saturated heterocycles. The maximum absolute atomic E-state index is 2.52. The van der Waals surface area contributed by atoms with Crippen molar-refractivity contribution in [2.45, 2.75) is 362 Å². The Morgan fingerprint density at radius 3 is 0.345 bits per heavy atom. The Morgan fingerprint density at radius 2 is 0.276 bits per heavy atom. The Labute approximate surface area is 591 Å². The standard InChI is InChI=1S/6C10H23B2N2.3Zn/c6*1-8(2)13-11(6)10(5)12(7)14(13)9(3)4;;;/h6*8-9H,1-7H3;;;/q4*-1;2*+1;;;. The van der Waals surface area contributed by atoms with Crippen LogP contribution in [0, 0.1) is 34.3 Å². The Morgan fingerprint density at radius 1 is 0.195 bits per heavy atom. The Kier molecular flexibility index (Phi) is 43.4. The molecule has 0 saturated carbocycles. The zero-order valence-corrected chi connectivity index (χ0v) is 75.2. The Bertz CT molecular complexity index is 1400. The molecule has 0 atom stereocenters. The van der Waals surface area contributed by atoms with Gasteiger partial charge in [-0.1, -0.05) is 54.6 Å². The molecular formula is C60H138B12N12Zn3-2. The third kappa shape index (κ3) is 22.5. The van der Waals surface area contributed by atoms with E-state index >= 15 is 0 Å². The van der Waals surface area contributed by atoms with Gasteiger partial charge in [0.25, 0.3) is 0 Å². The molecule has 0 spiro atoms. The van der Waals surface area contributed by atoms with Gasteiger partial charge in [0.05, 0.1) is 54.8 Å². The van der Waals surface area contributed by atoms with Crippen LogP contribution in [-0.2, 0) is 58.4 Å². The first-order valence-corrected chi connectivity index (χ1v) is 34.6. The number of hydrogen-bond acceptors (Lipinski definition) is 12. The minimum absolute atomic E-state index is 0. The normalized spacial score (nSPS) is 20.9. The van der Waals surface area contributed by atoms with Gasteiger partial charge in [0.2, 0.25) is 0 Å². The first-order chi connectivity index (χ1) is 38.2. The van der Waals surface area contributed by atoms with E-state index in [0.717, 1.165) is 0 Å². The van der Waals surface area contributed by atoms with Gasteiger partial charge in [-0.25, -0.2) is 19.7 Å². The van der Waals surface area contributed by atoms with Crippen molar-refractivity contribution in [3.63, 3.8) is 0 Å². The van der Waals surface area contributed by atoms with Crippen LogP contribution in [0.2, 0.25) is 81.9 Å². The van der Waals surface area contributed by atoms with Gasteiger partial charge < -0.3 is 62.2 Å². The molecule has 27 heteroatoms. The minimum atomic E-state index is 0. The molecule has 6 aliphatic heterocycles. The van der Waals surface area contributed by atoms with E-state index in [2.05, 4.69) is 349 Å². The van der Waals surface area contributed by atoms with Gasteiger partial charge in [-0.2, -0.15) is 27.7 Å². The molecule has 0 unspecified atom stereocenters. The van der Waals surface area contributed by atoms with Gasteiger partial charge in [0.15, 0.2) is 0 Å². The van der Waals surface area contributed by atoms with Crippen molar-refractivity contribution in [2.24, 2.45) is 0 Å². The third-order valence-electron chi connectivity index (χ3n) is 20.6. The molecule has 0 aliphatic carbocycles. The van der Waals surface area contributed by atoms with Crippen molar-refractivity contribution in [2.75, 3.05) is 0 Å². The van der Waals surface area contributed by atoms with E-state index in [9.17, 15) is 0 Å². The van der Waals surface area contributed by atoms with Crippen molar-refractivity contribution in [3.8, 4) is 0 Å². The maximum atomic E-state index is 2.52. The molecule has 482 valence electrons. The van der Waals surface area contributed by atoms with Gasteiger partial charge >= 0.3 is 27.4 Å². The third-order valence-corrected chi connectivity index (χ3v) is 20.6. The van der Waals surface area contributed by atoms with Crippen molar-refractivity contribution >= 4 is 82.2 Å². The van der Waals surface area contributed by atoms with Gasteiger partial charge in [-0.15, -0.1) is 0 Å². The summed E-state index contributed by atoms with van der Waals surface area (Å²) in [5.74, 6) is 0. The van der Waals surface area contributed by atoms with Crippen molar-refractivity contribution in [3.05, 3.63) is 34.3 Å². The van der Waals surface area contributed by atoms with Crippen LogP contribution in [0.3, 0.4) is 0 Å². The summed E-state index contributed by atoms with van der Waals surface area (Å²) >= 11 is 0. The quantitative estimate of drug-likeness (QED) is 0.138. The monoisotopic (exact) mass is 1350 g/mol. The molecule has 0 radical (unpaired) electrons. The van der Waals surface area contributed by atoms with Crippen LogP contribution < -0.4 is 0 Å². The number of nitrogens with zero attached hydrogens (tertiary/aromatic N) is 12. The second-order valence-electron chi connectivity index (χ2n) is 30.3. The SMILES string of the molecule is CB1[C+](C)B(C)N(C(C)C)N1C(C)C.CB1[C+](C)B(C)N(C(C)C)N1C(C)C.CB1[C-](C)B(C)N(C(C)C)N1C(C)C.CB1[C-](C)B(C)N(C(C)C)N1C(C)C.CB1[C-](C)B(C)N(C(C)C)N1C(C)C.CB1[C-](C)B(C)N(C(C)C)N1C(C)C.[Zn].[Zn].[Zn]. The summed E-state index contributed by atoms with van der Waals surface area (Å²) < 4.78 is 0. The van der Waals surface area contributed by atoms with Gasteiger partial charge in [-0.3, -0.25) is 0 Å². The first kappa shape index (κ1) is 93.1. The summed E-state index contributed by atoms with van der Waals surface area (Å²) in [5, 5.41) is 0. The van der Waals surface area contributed by atoms with E-state index in [1.54, 1.807) is 34.3 Å².